The van der Waals surface area contributed by atoms with E-state index in [1.807, 2.05) is 13.8 Å². The van der Waals surface area contributed by atoms with E-state index in [-0.39, 0.29) is 34.7 Å². The number of fused-ring (bicyclic) bond motifs is 2. The van der Waals surface area contributed by atoms with Gasteiger partial charge in [-0.15, -0.1) is 0 Å². The van der Waals surface area contributed by atoms with Gasteiger partial charge in [0.15, 0.2) is 0 Å². The summed E-state index contributed by atoms with van der Waals surface area (Å²) in [5, 5.41) is 11.4. The summed E-state index contributed by atoms with van der Waals surface area (Å²) in [5.41, 5.74) is 1.14. The van der Waals surface area contributed by atoms with Gasteiger partial charge in [-0.2, -0.15) is 0 Å². The van der Waals surface area contributed by atoms with Crippen LogP contribution in [0.15, 0.2) is 17.1 Å². The third-order valence-electron chi connectivity index (χ3n) is 10.0. The van der Waals surface area contributed by atoms with Crippen LogP contribution in [0.5, 0.6) is 0 Å². The van der Waals surface area contributed by atoms with Crippen molar-refractivity contribution < 1.29 is 14.6 Å². The van der Waals surface area contributed by atoms with Crippen LogP contribution in [-0.2, 0) is 9.53 Å². The molecule has 29 heavy (non-hydrogen) atoms. The molecule has 5 aliphatic carbocycles. The lowest BCUT2D eigenvalue weighted by molar-refractivity contribution is -0.219. The quantitative estimate of drug-likeness (QED) is 0.559. The molecular weight excluding hydrogens is 362 g/mol. The SMILES string of the molecule is C=C1[C@@H](O)[C@@]23CC[C@@H]4[C@@]5(C)CCC[C@@]4(C=NC5)[C@@H]2C[C@@H]1[C@@H](OC(=O)C(C)CC)C3. The molecule has 1 aliphatic heterocycles. The molecule has 0 radical (unpaired) electrons. The van der Waals surface area contributed by atoms with E-state index in [0.29, 0.717) is 17.3 Å². The first-order valence-corrected chi connectivity index (χ1v) is 11.9. The average molecular weight is 400 g/mol. The molecule has 0 aromatic rings. The third kappa shape index (κ3) is 2.47. The zero-order valence-corrected chi connectivity index (χ0v) is 18.3. The van der Waals surface area contributed by atoms with Crippen molar-refractivity contribution in [2.75, 3.05) is 6.54 Å². The van der Waals surface area contributed by atoms with Crippen LogP contribution in [0, 0.1) is 39.9 Å². The number of carbonyl (C=O) groups excluding carboxylic acids is 1. The fraction of sp³-hybridized carbons (Fsp3) is 0.840. The van der Waals surface area contributed by atoms with Crippen molar-refractivity contribution in [2.24, 2.45) is 44.9 Å². The first kappa shape index (κ1) is 19.8. The van der Waals surface area contributed by atoms with Gasteiger partial charge in [0, 0.05) is 29.5 Å². The number of hydrogen-bond acceptors (Lipinski definition) is 4. The van der Waals surface area contributed by atoms with E-state index in [0.717, 1.165) is 44.2 Å². The summed E-state index contributed by atoms with van der Waals surface area (Å²) in [4.78, 5) is 17.5. The van der Waals surface area contributed by atoms with E-state index in [4.69, 9.17) is 9.73 Å². The van der Waals surface area contributed by atoms with E-state index in [9.17, 15) is 9.90 Å². The second-order valence-corrected chi connectivity index (χ2v) is 11.3. The van der Waals surface area contributed by atoms with Crippen LogP contribution in [0.3, 0.4) is 0 Å². The Bertz CT molecular complexity index is 761. The molecule has 1 heterocycles. The molecule has 0 amide bonds. The number of aliphatic hydroxyl groups is 1. The molecular formula is C25H37NO3. The lowest BCUT2D eigenvalue weighted by atomic mass is 9.35. The van der Waals surface area contributed by atoms with Gasteiger partial charge in [0.1, 0.15) is 6.10 Å². The summed E-state index contributed by atoms with van der Waals surface area (Å²) < 4.78 is 6.05. The lowest BCUT2D eigenvalue weighted by Gasteiger charge is -2.70. The van der Waals surface area contributed by atoms with Crippen LogP contribution in [0.2, 0.25) is 0 Å². The molecule has 5 fully saturated rings. The van der Waals surface area contributed by atoms with Crippen LogP contribution < -0.4 is 0 Å². The van der Waals surface area contributed by atoms with E-state index in [2.05, 4.69) is 19.7 Å². The normalized spacial score (nSPS) is 51.2. The zero-order chi connectivity index (χ0) is 20.6. The summed E-state index contributed by atoms with van der Waals surface area (Å²) >= 11 is 0. The zero-order valence-electron chi connectivity index (χ0n) is 18.3. The Kier molecular flexibility index (Phi) is 4.38. The summed E-state index contributed by atoms with van der Waals surface area (Å²) in [6.45, 7) is 11.7. The summed E-state index contributed by atoms with van der Waals surface area (Å²) in [6.07, 6.45) is 10.2. The van der Waals surface area contributed by atoms with Gasteiger partial charge in [0.2, 0.25) is 0 Å². The smallest absolute Gasteiger partial charge is 0.308 e. The van der Waals surface area contributed by atoms with Crippen molar-refractivity contribution in [1.29, 1.82) is 0 Å². The molecule has 0 aromatic heterocycles. The number of esters is 1. The second-order valence-electron chi connectivity index (χ2n) is 11.3. The van der Waals surface area contributed by atoms with Crippen molar-refractivity contribution in [3.63, 3.8) is 0 Å². The molecule has 4 heteroatoms. The fourth-order valence-corrected chi connectivity index (χ4v) is 8.39. The monoisotopic (exact) mass is 399 g/mol. The van der Waals surface area contributed by atoms with Gasteiger partial charge in [-0.3, -0.25) is 9.79 Å². The third-order valence-corrected chi connectivity index (χ3v) is 10.0. The molecule has 0 saturated heterocycles. The fourth-order valence-electron chi connectivity index (χ4n) is 8.39. The van der Waals surface area contributed by atoms with Crippen LogP contribution in [0.25, 0.3) is 0 Å². The Balaban J connectivity index is 1.51. The number of carbonyl (C=O) groups is 1. The second kappa shape index (κ2) is 6.42. The number of rotatable bonds is 3. The number of hydrogen-bond donors (Lipinski definition) is 1. The van der Waals surface area contributed by atoms with Crippen molar-refractivity contribution in [3.05, 3.63) is 12.2 Å². The standard InChI is InChI=1S/C25H37NO3/c1-5-15(2)22(28)29-18-12-24-10-7-19-23(4)8-6-9-25(19,14-26-13-23)20(24)11-17(18)16(3)21(24)27/h14-15,17-21,27H,3,5-13H2,1-2,4H3/t15?,17-,18-,19+,20+,21+,23-,24+,25-/m0/s1. The number of aliphatic hydroxyl groups excluding tert-OH is 1. The molecule has 5 saturated carbocycles. The van der Waals surface area contributed by atoms with Crippen molar-refractivity contribution in [2.45, 2.75) is 84.3 Å². The topological polar surface area (TPSA) is 58.9 Å². The Morgan fingerprint density at radius 3 is 2.93 bits per heavy atom. The molecule has 160 valence electrons. The van der Waals surface area contributed by atoms with E-state index in [1.54, 1.807) is 0 Å². The molecule has 1 unspecified atom stereocenters. The number of aliphatic imine (C=N–C) groups is 1. The predicted octanol–water partition coefficient (Wildman–Crippen LogP) is 4.56. The van der Waals surface area contributed by atoms with E-state index >= 15 is 0 Å². The minimum Gasteiger partial charge on any atom is -0.462 e. The van der Waals surface area contributed by atoms with Gasteiger partial charge in [-0.1, -0.05) is 33.8 Å². The highest BCUT2D eigenvalue weighted by molar-refractivity contribution is 5.72. The maximum absolute atomic E-state index is 12.6. The average Bonchev–Trinajstić information content (AvgIpc) is 2.69. The Hall–Kier alpha value is -1.16. The molecule has 1 N–H and O–H groups in total. The lowest BCUT2D eigenvalue weighted by Crippen LogP contribution is -2.69. The van der Waals surface area contributed by atoms with Crippen molar-refractivity contribution >= 4 is 12.2 Å². The minimum atomic E-state index is -0.469. The first-order chi connectivity index (χ1) is 13.8. The Morgan fingerprint density at radius 2 is 2.17 bits per heavy atom. The molecule has 1 spiro atoms. The van der Waals surface area contributed by atoms with E-state index < -0.39 is 6.10 Å². The molecule has 0 aromatic carbocycles. The maximum atomic E-state index is 12.6. The van der Waals surface area contributed by atoms with Crippen LogP contribution in [-0.4, -0.2) is 36.0 Å². The highest BCUT2D eigenvalue weighted by Gasteiger charge is 2.70. The Morgan fingerprint density at radius 1 is 1.38 bits per heavy atom. The van der Waals surface area contributed by atoms with Crippen molar-refractivity contribution in [1.82, 2.24) is 0 Å². The highest BCUT2D eigenvalue weighted by Crippen LogP contribution is 2.72. The predicted molar refractivity (Wildman–Crippen MR) is 114 cm³/mol. The minimum absolute atomic E-state index is 0.0687. The van der Waals surface area contributed by atoms with Crippen LogP contribution >= 0.6 is 0 Å². The molecule has 9 atom stereocenters. The first-order valence-electron chi connectivity index (χ1n) is 11.9. The van der Waals surface area contributed by atoms with Gasteiger partial charge in [-0.05, 0) is 67.8 Å². The van der Waals surface area contributed by atoms with Gasteiger partial charge < -0.3 is 9.84 Å². The molecule has 6 aliphatic rings. The highest BCUT2D eigenvalue weighted by atomic mass is 16.5. The summed E-state index contributed by atoms with van der Waals surface area (Å²) in [7, 11) is 0. The van der Waals surface area contributed by atoms with Crippen LogP contribution in [0.1, 0.15) is 72.1 Å². The number of ether oxygens (including phenoxy) is 1. The molecule has 6 rings (SSSR count). The van der Waals surface area contributed by atoms with Crippen molar-refractivity contribution in [3.8, 4) is 0 Å². The molecule has 4 bridgehead atoms. The van der Waals surface area contributed by atoms with Gasteiger partial charge >= 0.3 is 5.97 Å². The van der Waals surface area contributed by atoms with E-state index in [1.165, 1.54) is 19.3 Å². The maximum Gasteiger partial charge on any atom is 0.308 e. The summed E-state index contributed by atoms with van der Waals surface area (Å²) in [6, 6.07) is 0. The van der Waals surface area contributed by atoms with Gasteiger partial charge in [0.25, 0.3) is 0 Å². The summed E-state index contributed by atoms with van der Waals surface area (Å²) in [5.74, 6) is 1.04. The Labute approximate surface area is 175 Å². The van der Waals surface area contributed by atoms with Gasteiger partial charge in [0.05, 0.1) is 12.0 Å². The van der Waals surface area contributed by atoms with Crippen LogP contribution in [0.4, 0.5) is 0 Å². The van der Waals surface area contributed by atoms with Gasteiger partial charge in [-0.25, -0.2) is 0 Å². The number of nitrogens with zero attached hydrogens (tertiary/aromatic N) is 1. The molecule has 4 nitrogen and oxygen atoms in total. The largest absolute Gasteiger partial charge is 0.462 e.